The van der Waals surface area contributed by atoms with Crippen molar-refractivity contribution in [3.63, 3.8) is 0 Å². The molecule has 0 spiro atoms. The third kappa shape index (κ3) is 2.68. The van der Waals surface area contributed by atoms with Crippen LogP contribution < -0.4 is 5.32 Å². The molecule has 1 N–H and O–H groups in total. The first kappa shape index (κ1) is 12.2. The molecule has 1 unspecified atom stereocenters. The van der Waals surface area contributed by atoms with Gasteiger partial charge in [-0.25, -0.2) is 0 Å². The molecule has 0 radical (unpaired) electrons. The standard InChI is InChI=1S/C15H16ClN/c1-11-10-13(8-9-14(11)16)15(17-2)12-6-4-3-5-7-12/h3-10,15,17H,1-2H3. The second-order valence-corrected chi connectivity index (χ2v) is 4.55. The van der Waals surface area contributed by atoms with Crippen LogP contribution in [0.3, 0.4) is 0 Å². The molecule has 2 rings (SSSR count). The fourth-order valence-corrected chi connectivity index (χ4v) is 2.14. The highest BCUT2D eigenvalue weighted by atomic mass is 35.5. The van der Waals surface area contributed by atoms with Crippen molar-refractivity contribution in [1.29, 1.82) is 0 Å². The van der Waals surface area contributed by atoms with E-state index in [0.717, 1.165) is 10.6 Å². The van der Waals surface area contributed by atoms with Gasteiger partial charge in [0.2, 0.25) is 0 Å². The first-order valence-corrected chi connectivity index (χ1v) is 6.08. The molecular formula is C15H16ClN. The smallest absolute Gasteiger partial charge is 0.0574 e. The molecule has 2 aromatic carbocycles. The van der Waals surface area contributed by atoms with Gasteiger partial charge >= 0.3 is 0 Å². The van der Waals surface area contributed by atoms with E-state index >= 15 is 0 Å². The van der Waals surface area contributed by atoms with Crippen LogP contribution in [0.2, 0.25) is 5.02 Å². The maximum Gasteiger partial charge on any atom is 0.0574 e. The van der Waals surface area contributed by atoms with Gasteiger partial charge in [0.1, 0.15) is 0 Å². The maximum absolute atomic E-state index is 6.05. The Kier molecular flexibility index (Phi) is 3.82. The van der Waals surface area contributed by atoms with Crippen molar-refractivity contribution in [2.45, 2.75) is 13.0 Å². The van der Waals surface area contributed by atoms with Gasteiger partial charge in [-0.2, -0.15) is 0 Å². The fourth-order valence-electron chi connectivity index (χ4n) is 2.02. The van der Waals surface area contributed by atoms with Crippen LogP contribution in [-0.2, 0) is 0 Å². The van der Waals surface area contributed by atoms with E-state index in [1.807, 2.05) is 26.1 Å². The number of halogens is 1. The Morgan fingerprint density at radius 3 is 2.29 bits per heavy atom. The largest absolute Gasteiger partial charge is 0.309 e. The van der Waals surface area contributed by atoms with Crippen LogP contribution in [0.1, 0.15) is 22.7 Å². The zero-order chi connectivity index (χ0) is 12.3. The Morgan fingerprint density at radius 2 is 1.71 bits per heavy atom. The molecule has 0 saturated carbocycles. The Labute approximate surface area is 107 Å². The minimum Gasteiger partial charge on any atom is -0.309 e. The molecule has 0 aromatic heterocycles. The number of hydrogen-bond acceptors (Lipinski definition) is 1. The lowest BCUT2D eigenvalue weighted by atomic mass is 9.97. The van der Waals surface area contributed by atoms with Crippen LogP contribution >= 0.6 is 11.6 Å². The maximum atomic E-state index is 6.05. The van der Waals surface area contributed by atoms with Crippen LogP contribution in [0, 0.1) is 6.92 Å². The molecule has 0 aliphatic carbocycles. The quantitative estimate of drug-likeness (QED) is 0.863. The average Bonchev–Trinajstić information content (AvgIpc) is 2.36. The van der Waals surface area contributed by atoms with E-state index in [0.29, 0.717) is 0 Å². The summed E-state index contributed by atoms with van der Waals surface area (Å²) in [6, 6.07) is 16.8. The third-order valence-corrected chi connectivity index (χ3v) is 3.36. The molecule has 0 heterocycles. The van der Waals surface area contributed by atoms with Gasteiger partial charge in [-0.3, -0.25) is 0 Å². The van der Waals surface area contributed by atoms with Gasteiger partial charge < -0.3 is 5.32 Å². The van der Waals surface area contributed by atoms with Crippen molar-refractivity contribution in [2.75, 3.05) is 7.05 Å². The van der Waals surface area contributed by atoms with Crippen molar-refractivity contribution < 1.29 is 0 Å². The second-order valence-electron chi connectivity index (χ2n) is 4.14. The molecule has 0 aliphatic heterocycles. The summed E-state index contributed by atoms with van der Waals surface area (Å²) in [5.41, 5.74) is 3.61. The van der Waals surface area contributed by atoms with E-state index < -0.39 is 0 Å². The predicted molar refractivity (Wildman–Crippen MR) is 73.5 cm³/mol. The molecule has 0 bridgehead atoms. The van der Waals surface area contributed by atoms with Gasteiger partial charge in [-0.1, -0.05) is 54.1 Å². The van der Waals surface area contributed by atoms with Gasteiger partial charge in [-0.15, -0.1) is 0 Å². The molecule has 2 heteroatoms. The zero-order valence-electron chi connectivity index (χ0n) is 10.1. The summed E-state index contributed by atoms with van der Waals surface area (Å²) in [5.74, 6) is 0. The Bertz CT molecular complexity index is 494. The van der Waals surface area contributed by atoms with Crippen LogP contribution in [0.5, 0.6) is 0 Å². The Morgan fingerprint density at radius 1 is 1.00 bits per heavy atom. The first-order chi connectivity index (χ1) is 8.22. The highest BCUT2D eigenvalue weighted by Gasteiger charge is 2.11. The van der Waals surface area contributed by atoms with Crippen LogP contribution in [0.4, 0.5) is 0 Å². The lowest BCUT2D eigenvalue weighted by Gasteiger charge is -2.18. The molecule has 1 atom stereocenters. The van der Waals surface area contributed by atoms with Crippen molar-refractivity contribution in [3.05, 3.63) is 70.2 Å². The molecule has 88 valence electrons. The molecule has 0 fully saturated rings. The van der Waals surface area contributed by atoms with Crippen molar-refractivity contribution in [1.82, 2.24) is 5.32 Å². The third-order valence-electron chi connectivity index (χ3n) is 2.94. The van der Waals surface area contributed by atoms with Crippen LogP contribution in [-0.4, -0.2) is 7.05 Å². The molecule has 0 amide bonds. The highest BCUT2D eigenvalue weighted by molar-refractivity contribution is 6.31. The molecule has 0 aliphatic rings. The van der Waals surface area contributed by atoms with Crippen molar-refractivity contribution in [3.8, 4) is 0 Å². The molecule has 17 heavy (non-hydrogen) atoms. The fraction of sp³-hybridized carbons (Fsp3) is 0.200. The number of aryl methyl sites for hydroxylation is 1. The lowest BCUT2D eigenvalue weighted by Crippen LogP contribution is -2.17. The van der Waals surface area contributed by atoms with E-state index in [2.05, 4.69) is 41.7 Å². The number of nitrogens with one attached hydrogen (secondary N) is 1. The van der Waals surface area contributed by atoms with E-state index in [1.54, 1.807) is 0 Å². The Balaban J connectivity index is 2.39. The normalized spacial score (nSPS) is 12.4. The average molecular weight is 246 g/mol. The lowest BCUT2D eigenvalue weighted by molar-refractivity contribution is 0.691. The summed E-state index contributed by atoms with van der Waals surface area (Å²) in [6.07, 6.45) is 0. The number of hydrogen-bond donors (Lipinski definition) is 1. The molecule has 0 saturated heterocycles. The molecule has 1 nitrogen and oxygen atoms in total. The minimum atomic E-state index is 0.215. The summed E-state index contributed by atoms with van der Waals surface area (Å²) in [7, 11) is 1.97. The van der Waals surface area contributed by atoms with E-state index in [9.17, 15) is 0 Å². The summed E-state index contributed by atoms with van der Waals surface area (Å²) >= 11 is 6.05. The summed E-state index contributed by atoms with van der Waals surface area (Å²) < 4.78 is 0. The van der Waals surface area contributed by atoms with Gasteiger partial charge in [0.05, 0.1) is 6.04 Å². The summed E-state index contributed by atoms with van der Waals surface area (Å²) in [6.45, 7) is 2.03. The zero-order valence-corrected chi connectivity index (χ0v) is 10.8. The second kappa shape index (κ2) is 5.35. The van der Waals surface area contributed by atoms with Crippen molar-refractivity contribution in [2.24, 2.45) is 0 Å². The van der Waals surface area contributed by atoms with E-state index in [1.165, 1.54) is 11.1 Å². The van der Waals surface area contributed by atoms with E-state index in [4.69, 9.17) is 11.6 Å². The number of rotatable bonds is 3. The monoisotopic (exact) mass is 245 g/mol. The topological polar surface area (TPSA) is 12.0 Å². The first-order valence-electron chi connectivity index (χ1n) is 5.70. The molecular weight excluding hydrogens is 230 g/mol. The van der Waals surface area contributed by atoms with Crippen LogP contribution in [0.15, 0.2) is 48.5 Å². The van der Waals surface area contributed by atoms with Gasteiger partial charge in [0, 0.05) is 5.02 Å². The predicted octanol–water partition coefficient (Wildman–Crippen LogP) is 3.96. The van der Waals surface area contributed by atoms with Crippen molar-refractivity contribution >= 4 is 11.6 Å². The van der Waals surface area contributed by atoms with Gasteiger partial charge in [-0.05, 0) is 36.7 Å². The van der Waals surface area contributed by atoms with E-state index in [-0.39, 0.29) is 6.04 Å². The molecule has 2 aromatic rings. The minimum absolute atomic E-state index is 0.215. The van der Waals surface area contributed by atoms with Crippen LogP contribution in [0.25, 0.3) is 0 Å². The highest BCUT2D eigenvalue weighted by Crippen LogP contribution is 2.25. The summed E-state index contributed by atoms with van der Waals surface area (Å²) in [5, 5.41) is 4.15. The van der Waals surface area contributed by atoms with Gasteiger partial charge in [0.25, 0.3) is 0 Å². The van der Waals surface area contributed by atoms with Gasteiger partial charge in [0.15, 0.2) is 0 Å². The number of benzene rings is 2. The SMILES string of the molecule is CNC(c1ccccc1)c1ccc(Cl)c(C)c1. The summed E-state index contributed by atoms with van der Waals surface area (Å²) in [4.78, 5) is 0. The Hall–Kier alpha value is -1.31.